The van der Waals surface area contributed by atoms with Crippen LogP contribution < -0.4 is 5.73 Å². The van der Waals surface area contributed by atoms with Gasteiger partial charge in [-0.2, -0.15) is 0 Å². The molecule has 2 aliphatic rings. The summed E-state index contributed by atoms with van der Waals surface area (Å²) in [5.41, 5.74) is 7.23. The molecule has 2 heterocycles. The fraction of sp³-hybridized carbons (Fsp3) is 0.810. The molecule has 0 unspecified atom stereocenters. The number of hydrogen-bond acceptors (Lipinski definition) is 5. The van der Waals surface area contributed by atoms with E-state index < -0.39 is 0 Å². The third kappa shape index (κ3) is 5.11. The summed E-state index contributed by atoms with van der Waals surface area (Å²) in [5.74, 6) is 2.64. The smallest absolute Gasteiger partial charge is 0.226 e. The Morgan fingerprint density at radius 1 is 1.41 bits per heavy atom. The Bertz CT molecular complexity index is 628. The van der Waals surface area contributed by atoms with E-state index in [1.54, 1.807) is 0 Å². The Kier molecular flexibility index (Phi) is 6.93. The maximum absolute atomic E-state index is 13.0. The van der Waals surface area contributed by atoms with Gasteiger partial charge in [0.1, 0.15) is 11.5 Å². The number of aromatic nitrogens is 1. The minimum absolute atomic E-state index is 0.00957. The number of carbonyl (C=O) groups excluding carboxylic acids is 1. The van der Waals surface area contributed by atoms with Crippen molar-refractivity contribution in [3.05, 3.63) is 17.3 Å². The van der Waals surface area contributed by atoms with Crippen molar-refractivity contribution in [1.29, 1.82) is 0 Å². The largest absolute Gasteiger partial charge is 0.445 e. The molecule has 6 heteroatoms. The van der Waals surface area contributed by atoms with Crippen molar-refractivity contribution in [1.82, 2.24) is 9.88 Å². The van der Waals surface area contributed by atoms with Gasteiger partial charge in [-0.05, 0) is 38.0 Å². The molecular formula is C21H35N3O3. The Morgan fingerprint density at radius 2 is 2.22 bits per heavy atom. The van der Waals surface area contributed by atoms with E-state index >= 15 is 0 Å². The number of carbonyl (C=O) groups is 1. The summed E-state index contributed by atoms with van der Waals surface area (Å²) in [4.78, 5) is 19.6. The number of nitrogens with two attached hydrogens (primary N) is 1. The average Bonchev–Trinajstić information content (AvgIpc) is 3.07. The molecule has 1 fully saturated rings. The van der Waals surface area contributed by atoms with Crippen LogP contribution >= 0.6 is 0 Å². The van der Waals surface area contributed by atoms with Gasteiger partial charge in [0, 0.05) is 38.0 Å². The molecule has 2 N–H and O–H groups in total. The highest BCUT2D eigenvalue weighted by atomic mass is 16.5. The molecule has 0 aromatic carbocycles. The third-order valence-electron chi connectivity index (χ3n) is 5.74. The van der Waals surface area contributed by atoms with Crippen molar-refractivity contribution in [2.45, 2.75) is 84.4 Å². The van der Waals surface area contributed by atoms with Gasteiger partial charge in [-0.1, -0.05) is 20.8 Å². The minimum Gasteiger partial charge on any atom is -0.445 e. The van der Waals surface area contributed by atoms with Gasteiger partial charge >= 0.3 is 0 Å². The number of hydrogen-bond donors (Lipinski definition) is 1. The van der Waals surface area contributed by atoms with Crippen LogP contribution in [-0.2, 0) is 28.9 Å². The summed E-state index contributed by atoms with van der Waals surface area (Å²) in [7, 11) is 0. The van der Waals surface area contributed by atoms with Crippen LogP contribution in [0.3, 0.4) is 0 Å². The monoisotopic (exact) mass is 377 g/mol. The van der Waals surface area contributed by atoms with Crippen LogP contribution in [0.4, 0.5) is 0 Å². The molecule has 1 amide bonds. The molecule has 3 atom stereocenters. The van der Waals surface area contributed by atoms with Crippen LogP contribution in [0.15, 0.2) is 4.42 Å². The zero-order valence-electron chi connectivity index (χ0n) is 17.1. The van der Waals surface area contributed by atoms with E-state index in [4.69, 9.17) is 14.9 Å². The molecule has 27 heavy (non-hydrogen) atoms. The molecule has 1 aromatic rings. The molecule has 3 rings (SSSR count). The van der Waals surface area contributed by atoms with Crippen molar-refractivity contribution in [2.24, 2.45) is 17.6 Å². The zero-order valence-corrected chi connectivity index (χ0v) is 17.1. The van der Waals surface area contributed by atoms with Crippen molar-refractivity contribution < 1.29 is 13.9 Å². The summed E-state index contributed by atoms with van der Waals surface area (Å²) >= 11 is 0. The Labute approximate surface area is 162 Å². The van der Waals surface area contributed by atoms with Crippen LogP contribution in [0, 0.1) is 11.8 Å². The molecule has 1 aromatic heterocycles. The highest BCUT2D eigenvalue weighted by Crippen LogP contribution is 2.29. The van der Waals surface area contributed by atoms with E-state index in [-0.39, 0.29) is 24.0 Å². The number of rotatable bonds is 7. The minimum atomic E-state index is -0.0470. The van der Waals surface area contributed by atoms with Gasteiger partial charge < -0.3 is 19.8 Å². The normalized spacial score (nSPS) is 25.7. The van der Waals surface area contributed by atoms with Gasteiger partial charge in [0.25, 0.3) is 0 Å². The first-order valence-electron chi connectivity index (χ1n) is 10.6. The predicted molar refractivity (Wildman–Crippen MR) is 104 cm³/mol. The third-order valence-corrected chi connectivity index (χ3v) is 5.74. The number of amides is 1. The molecule has 152 valence electrons. The highest BCUT2D eigenvalue weighted by Gasteiger charge is 2.36. The highest BCUT2D eigenvalue weighted by molar-refractivity contribution is 5.79. The summed E-state index contributed by atoms with van der Waals surface area (Å²) in [6.07, 6.45) is 6.26. The molecule has 0 spiro atoms. The fourth-order valence-corrected chi connectivity index (χ4v) is 4.10. The van der Waals surface area contributed by atoms with E-state index in [2.05, 4.69) is 25.8 Å². The maximum Gasteiger partial charge on any atom is 0.226 e. The number of fused-ring (bicyclic) bond motifs is 1. The number of nitrogens with zero attached hydrogens (tertiary/aromatic N) is 2. The second-order valence-electron chi connectivity index (χ2n) is 8.50. The van der Waals surface area contributed by atoms with Crippen molar-refractivity contribution in [2.75, 3.05) is 13.2 Å². The topological polar surface area (TPSA) is 81.6 Å². The second-order valence-corrected chi connectivity index (χ2v) is 8.50. The number of aryl methyl sites for hydroxylation is 1. The van der Waals surface area contributed by atoms with Gasteiger partial charge in [0.15, 0.2) is 5.89 Å². The van der Waals surface area contributed by atoms with E-state index in [0.717, 1.165) is 68.9 Å². The molecule has 1 saturated carbocycles. The van der Waals surface area contributed by atoms with E-state index in [1.165, 1.54) is 0 Å². The van der Waals surface area contributed by atoms with E-state index in [1.807, 2.05) is 4.90 Å². The van der Waals surface area contributed by atoms with Crippen LogP contribution in [0.5, 0.6) is 0 Å². The maximum atomic E-state index is 13.0. The lowest BCUT2D eigenvalue weighted by Gasteiger charge is -2.36. The van der Waals surface area contributed by atoms with Gasteiger partial charge in [-0.15, -0.1) is 0 Å². The van der Waals surface area contributed by atoms with E-state index in [0.29, 0.717) is 19.0 Å². The molecule has 1 aliphatic carbocycles. The summed E-state index contributed by atoms with van der Waals surface area (Å²) in [5, 5.41) is 0. The van der Waals surface area contributed by atoms with Gasteiger partial charge in [-0.3, -0.25) is 4.79 Å². The molecule has 0 saturated heterocycles. The second kappa shape index (κ2) is 9.20. The van der Waals surface area contributed by atoms with Crippen molar-refractivity contribution in [3.8, 4) is 0 Å². The lowest BCUT2D eigenvalue weighted by Crippen LogP contribution is -2.48. The first-order chi connectivity index (χ1) is 13.0. The lowest BCUT2D eigenvalue weighted by atomic mass is 9.83. The summed E-state index contributed by atoms with van der Waals surface area (Å²) in [6, 6.07) is -0.0470. The lowest BCUT2D eigenvalue weighted by molar-refractivity contribution is -0.139. The first-order valence-corrected chi connectivity index (χ1v) is 10.6. The summed E-state index contributed by atoms with van der Waals surface area (Å²) < 4.78 is 11.7. The van der Waals surface area contributed by atoms with Crippen LogP contribution in [0.1, 0.15) is 70.2 Å². The molecular weight excluding hydrogens is 342 g/mol. The van der Waals surface area contributed by atoms with Crippen LogP contribution in [0.2, 0.25) is 0 Å². The van der Waals surface area contributed by atoms with Crippen LogP contribution in [0.25, 0.3) is 0 Å². The number of oxazole rings is 1. The quantitative estimate of drug-likeness (QED) is 0.790. The molecule has 0 radical (unpaired) electrons. The van der Waals surface area contributed by atoms with Crippen LogP contribution in [-0.4, -0.2) is 41.1 Å². The SMILES string of the molecule is CCCO[C@@H]1CC[C@H](C(=O)N2CCc3oc(CCC(C)C)nc3C2)C[C@H]1N. The predicted octanol–water partition coefficient (Wildman–Crippen LogP) is 3.07. The van der Waals surface area contributed by atoms with Crippen molar-refractivity contribution in [3.63, 3.8) is 0 Å². The fourth-order valence-electron chi connectivity index (χ4n) is 4.10. The zero-order chi connectivity index (χ0) is 19.4. The van der Waals surface area contributed by atoms with E-state index in [9.17, 15) is 4.79 Å². The van der Waals surface area contributed by atoms with Gasteiger partial charge in [-0.25, -0.2) is 4.98 Å². The summed E-state index contributed by atoms with van der Waals surface area (Å²) in [6.45, 7) is 8.54. The Hall–Kier alpha value is -1.40. The molecule has 0 bridgehead atoms. The Balaban J connectivity index is 1.55. The Morgan fingerprint density at radius 3 is 2.93 bits per heavy atom. The molecule has 6 nitrogen and oxygen atoms in total. The standard InChI is InChI=1S/C21H35N3O3/c1-4-11-26-18-7-6-15(12-16(18)22)21(25)24-10-9-19-17(13-24)23-20(27-19)8-5-14(2)3/h14-16,18H,4-13,22H2,1-3H3/t15-,16+,18+/m0/s1. The average molecular weight is 378 g/mol. The first kappa shape index (κ1) is 20.3. The van der Waals surface area contributed by atoms with Gasteiger partial charge in [0.05, 0.1) is 12.6 Å². The number of ether oxygens (including phenoxy) is 1. The molecule has 1 aliphatic heterocycles. The van der Waals surface area contributed by atoms with Gasteiger partial charge in [0.2, 0.25) is 5.91 Å². The van der Waals surface area contributed by atoms with Crippen molar-refractivity contribution >= 4 is 5.91 Å².